The zero-order valence-electron chi connectivity index (χ0n) is 9.62. The maximum atomic E-state index is 13.8. The fourth-order valence-electron chi connectivity index (χ4n) is 1.89. The van der Waals surface area contributed by atoms with E-state index in [4.69, 9.17) is 11.6 Å². The smallest absolute Gasteiger partial charge is 0.129 e. The van der Waals surface area contributed by atoms with Crippen LogP contribution in [0.3, 0.4) is 0 Å². The summed E-state index contributed by atoms with van der Waals surface area (Å²) in [4.78, 5) is 0. The van der Waals surface area contributed by atoms with Crippen molar-refractivity contribution in [3.8, 4) is 0 Å². The summed E-state index contributed by atoms with van der Waals surface area (Å²) in [5.74, 6) is -0.457. The quantitative estimate of drug-likeness (QED) is 0.860. The largest absolute Gasteiger partial charge is 0.381 e. The average molecular weight is 330 g/mol. The lowest BCUT2D eigenvalue weighted by molar-refractivity contribution is 0.0980. The van der Waals surface area contributed by atoms with Gasteiger partial charge in [0.1, 0.15) is 11.4 Å². The molecule has 0 heterocycles. The van der Waals surface area contributed by atoms with Crippen LogP contribution < -0.4 is 0 Å². The van der Waals surface area contributed by atoms with E-state index in [2.05, 4.69) is 15.9 Å². The van der Waals surface area contributed by atoms with Crippen molar-refractivity contribution >= 4 is 27.5 Å². The molecule has 2 rings (SSSR count). The summed E-state index contributed by atoms with van der Waals surface area (Å²) in [6, 6.07) is 11.2. The zero-order chi connectivity index (χ0) is 13.3. The number of halogens is 3. The molecule has 0 aliphatic carbocycles. The summed E-state index contributed by atoms with van der Waals surface area (Å²) in [5, 5.41) is 11.0. The first kappa shape index (κ1) is 13.5. The summed E-state index contributed by atoms with van der Waals surface area (Å²) < 4.78 is 14.6. The first-order valence-corrected chi connectivity index (χ1v) is 6.53. The highest BCUT2D eigenvalue weighted by Gasteiger charge is 2.30. The third-order valence-corrected chi connectivity index (χ3v) is 3.66. The van der Waals surface area contributed by atoms with E-state index in [0.29, 0.717) is 10.6 Å². The van der Waals surface area contributed by atoms with E-state index in [1.807, 2.05) is 0 Å². The molecule has 0 spiro atoms. The molecule has 0 saturated carbocycles. The second kappa shape index (κ2) is 5.00. The van der Waals surface area contributed by atoms with E-state index in [0.717, 1.165) is 4.47 Å². The van der Waals surface area contributed by atoms with Crippen LogP contribution in [0.25, 0.3) is 0 Å². The van der Waals surface area contributed by atoms with Gasteiger partial charge in [0.05, 0.1) is 0 Å². The van der Waals surface area contributed by atoms with Crippen LogP contribution in [-0.4, -0.2) is 5.11 Å². The highest BCUT2D eigenvalue weighted by Crippen LogP contribution is 2.36. The van der Waals surface area contributed by atoms with Crippen molar-refractivity contribution in [3.63, 3.8) is 0 Å². The van der Waals surface area contributed by atoms with E-state index in [1.54, 1.807) is 36.4 Å². The Kier molecular flexibility index (Phi) is 3.76. The van der Waals surface area contributed by atoms with Crippen molar-refractivity contribution < 1.29 is 9.50 Å². The highest BCUT2D eigenvalue weighted by atomic mass is 79.9. The predicted octanol–water partition coefficient (Wildman–Crippen LogP) is 4.50. The van der Waals surface area contributed by atoms with Crippen molar-refractivity contribution in [3.05, 3.63) is 68.9 Å². The van der Waals surface area contributed by atoms with E-state index in [1.165, 1.54) is 13.0 Å². The van der Waals surface area contributed by atoms with Crippen LogP contribution in [-0.2, 0) is 5.60 Å². The molecule has 4 heteroatoms. The number of rotatable bonds is 2. The molecule has 2 aromatic rings. The molecule has 0 saturated heterocycles. The normalized spacial score (nSPS) is 14.3. The molecule has 0 radical (unpaired) electrons. The Morgan fingerprint density at radius 1 is 1.17 bits per heavy atom. The molecule has 0 fully saturated rings. The summed E-state index contributed by atoms with van der Waals surface area (Å²) in [5.41, 5.74) is -0.796. The highest BCUT2D eigenvalue weighted by molar-refractivity contribution is 9.10. The fraction of sp³-hybridized carbons (Fsp3) is 0.143. The number of hydrogen-bond acceptors (Lipinski definition) is 1. The lowest BCUT2D eigenvalue weighted by atomic mass is 9.88. The minimum Gasteiger partial charge on any atom is -0.381 e. The lowest BCUT2D eigenvalue weighted by Crippen LogP contribution is -2.24. The van der Waals surface area contributed by atoms with Crippen molar-refractivity contribution in [2.75, 3.05) is 0 Å². The van der Waals surface area contributed by atoms with E-state index < -0.39 is 11.4 Å². The van der Waals surface area contributed by atoms with Crippen molar-refractivity contribution in [1.29, 1.82) is 0 Å². The number of hydrogen-bond donors (Lipinski definition) is 1. The average Bonchev–Trinajstić information content (AvgIpc) is 2.28. The van der Waals surface area contributed by atoms with Crippen molar-refractivity contribution in [2.45, 2.75) is 12.5 Å². The molecule has 0 aliphatic heterocycles. The van der Waals surface area contributed by atoms with Gasteiger partial charge in [0.2, 0.25) is 0 Å². The van der Waals surface area contributed by atoms with Gasteiger partial charge >= 0.3 is 0 Å². The van der Waals surface area contributed by atoms with E-state index in [9.17, 15) is 9.50 Å². The van der Waals surface area contributed by atoms with Gasteiger partial charge in [0.15, 0.2) is 0 Å². The molecule has 1 unspecified atom stereocenters. The number of benzene rings is 2. The van der Waals surface area contributed by atoms with Crippen molar-refractivity contribution in [1.82, 2.24) is 0 Å². The summed E-state index contributed by atoms with van der Waals surface area (Å²) in [7, 11) is 0. The Morgan fingerprint density at radius 3 is 2.44 bits per heavy atom. The molecule has 1 nitrogen and oxygen atoms in total. The van der Waals surface area contributed by atoms with Crippen LogP contribution in [0.15, 0.2) is 46.9 Å². The standard InChI is InChI=1S/C14H11BrClFO/c1-14(18,11-4-2-3-5-13(11)17)10-7-6-9(15)8-12(10)16/h2-8,18H,1H3. The molecule has 0 bridgehead atoms. The first-order chi connectivity index (χ1) is 8.43. The SMILES string of the molecule is CC(O)(c1ccccc1F)c1ccc(Br)cc1Cl. The van der Waals surface area contributed by atoms with Crippen molar-refractivity contribution in [2.24, 2.45) is 0 Å². The Hall–Kier alpha value is -0.900. The van der Waals surface area contributed by atoms with Gasteiger partial charge in [-0.2, -0.15) is 0 Å². The van der Waals surface area contributed by atoms with Gasteiger partial charge in [-0.25, -0.2) is 4.39 Å². The summed E-state index contributed by atoms with van der Waals surface area (Å²) >= 11 is 9.40. The van der Waals surface area contributed by atoms with Gasteiger partial charge in [-0.3, -0.25) is 0 Å². The van der Waals surface area contributed by atoms with Gasteiger partial charge in [0, 0.05) is 20.6 Å². The Balaban J connectivity index is 2.58. The topological polar surface area (TPSA) is 20.2 Å². The Morgan fingerprint density at radius 2 is 1.83 bits per heavy atom. The van der Waals surface area contributed by atoms with Crippen LogP contribution in [0.2, 0.25) is 5.02 Å². The molecule has 18 heavy (non-hydrogen) atoms. The van der Waals surface area contributed by atoms with Crippen LogP contribution >= 0.6 is 27.5 Å². The minimum absolute atomic E-state index is 0.203. The van der Waals surface area contributed by atoms with Crippen LogP contribution in [0.1, 0.15) is 18.1 Å². The second-order valence-electron chi connectivity index (χ2n) is 4.18. The predicted molar refractivity (Wildman–Crippen MR) is 74.2 cm³/mol. The first-order valence-electron chi connectivity index (χ1n) is 5.36. The van der Waals surface area contributed by atoms with Gasteiger partial charge in [0.25, 0.3) is 0 Å². The lowest BCUT2D eigenvalue weighted by Gasteiger charge is -2.26. The van der Waals surface area contributed by atoms with Gasteiger partial charge in [-0.15, -0.1) is 0 Å². The fourth-order valence-corrected chi connectivity index (χ4v) is 2.74. The molecule has 94 valence electrons. The summed E-state index contributed by atoms with van der Waals surface area (Å²) in [6.45, 7) is 1.53. The third-order valence-electron chi connectivity index (χ3n) is 2.85. The second-order valence-corrected chi connectivity index (χ2v) is 5.50. The Labute approximate surface area is 118 Å². The molecule has 1 N–H and O–H groups in total. The molecule has 2 aromatic carbocycles. The summed E-state index contributed by atoms with van der Waals surface area (Å²) in [6.07, 6.45) is 0. The van der Waals surface area contributed by atoms with E-state index in [-0.39, 0.29) is 5.56 Å². The van der Waals surface area contributed by atoms with Gasteiger partial charge < -0.3 is 5.11 Å². The van der Waals surface area contributed by atoms with Crippen LogP contribution in [0.5, 0.6) is 0 Å². The minimum atomic E-state index is -1.47. The van der Waals surface area contributed by atoms with Crippen LogP contribution in [0, 0.1) is 5.82 Å². The third kappa shape index (κ3) is 2.44. The molecular weight excluding hydrogens is 319 g/mol. The molecular formula is C14H11BrClFO. The number of aliphatic hydroxyl groups is 1. The molecule has 0 aliphatic rings. The van der Waals surface area contributed by atoms with E-state index >= 15 is 0 Å². The molecule has 1 atom stereocenters. The van der Waals surface area contributed by atoms with Gasteiger partial charge in [-0.1, -0.05) is 51.8 Å². The zero-order valence-corrected chi connectivity index (χ0v) is 12.0. The molecule has 0 amide bonds. The van der Waals surface area contributed by atoms with Crippen LogP contribution in [0.4, 0.5) is 4.39 Å². The Bertz CT molecular complexity index is 584. The maximum Gasteiger partial charge on any atom is 0.129 e. The van der Waals surface area contributed by atoms with Gasteiger partial charge in [-0.05, 0) is 25.1 Å². The molecule has 0 aromatic heterocycles. The monoisotopic (exact) mass is 328 g/mol. The maximum absolute atomic E-state index is 13.8.